The quantitative estimate of drug-likeness (QED) is 0.319. The summed E-state index contributed by atoms with van der Waals surface area (Å²) in [5.74, 6) is 0.900. The second-order valence-corrected chi connectivity index (χ2v) is 10.2. The molecule has 1 amide bonds. The average molecular weight is 503 g/mol. The minimum atomic E-state index is -0.428. The summed E-state index contributed by atoms with van der Waals surface area (Å²) in [5.41, 5.74) is 3.50. The molecule has 1 N–H and O–H groups in total. The zero-order valence-electron chi connectivity index (χ0n) is 20.5. The Morgan fingerprint density at radius 3 is 2.47 bits per heavy atom. The maximum absolute atomic E-state index is 12.6. The molecule has 0 fully saturated rings. The standard InChI is InChI=1S/C24H30N4O4S2/c1-8-31-23(30)20-15(4)17(6)34-22(20)25-19(29)12-33-24-27-26-21(28(24)7)16(5)32-18-10-13(2)9-14(3)11-18/h9-11,16H,8,12H2,1-7H3,(H,25,29). The second-order valence-electron chi connectivity index (χ2n) is 8.03. The Morgan fingerprint density at radius 2 is 1.82 bits per heavy atom. The van der Waals surface area contributed by atoms with Gasteiger partial charge in [0.25, 0.3) is 0 Å². The van der Waals surface area contributed by atoms with Crippen molar-refractivity contribution in [3.05, 3.63) is 51.2 Å². The fraction of sp³-hybridized carbons (Fsp3) is 0.417. The molecule has 0 saturated carbocycles. The normalized spacial score (nSPS) is 11.9. The molecule has 0 bridgehead atoms. The molecule has 10 heteroatoms. The molecule has 0 aliphatic carbocycles. The molecule has 3 rings (SSSR count). The zero-order valence-corrected chi connectivity index (χ0v) is 22.1. The lowest BCUT2D eigenvalue weighted by molar-refractivity contribution is -0.113. The lowest BCUT2D eigenvalue weighted by Gasteiger charge is -2.15. The molecule has 0 aliphatic rings. The lowest BCUT2D eigenvalue weighted by Crippen LogP contribution is -2.17. The number of rotatable bonds is 9. The summed E-state index contributed by atoms with van der Waals surface area (Å²) in [6.07, 6.45) is -0.314. The van der Waals surface area contributed by atoms with Gasteiger partial charge in [-0.3, -0.25) is 4.79 Å². The molecule has 2 aromatic heterocycles. The molecule has 3 aromatic rings. The van der Waals surface area contributed by atoms with Crippen LogP contribution in [0.4, 0.5) is 5.00 Å². The predicted molar refractivity (Wildman–Crippen MR) is 135 cm³/mol. The van der Waals surface area contributed by atoms with E-state index in [1.807, 2.05) is 58.4 Å². The average Bonchev–Trinajstić information content (AvgIpc) is 3.24. The first kappa shape index (κ1) is 25.8. The molecule has 8 nitrogen and oxygen atoms in total. The number of thioether (sulfide) groups is 1. The number of aromatic nitrogens is 3. The van der Waals surface area contributed by atoms with Crippen molar-refractivity contribution in [2.45, 2.75) is 52.8 Å². The van der Waals surface area contributed by atoms with E-state index in [9.17, 15) is 9.59 Å². The molecular formula is C24H30N4O4S2. The van der Waals surface area contributed by atoms with Gasteiger partial charge in [-0.1, -0.05) is 17.8 Å². The maximum atomic E-state index is 12.6. The summed E-state index contributed by atoms with van der Waals surface area (Å²) >= 11 is 2.64. The van der Waals surface area contributed by atoms with Crippen LogP contribution in [0.5, 0.6) is 5.75 Å². The number of anilines is 1. The molecule has 1 aromatic carbocycles. The van der Waals surface area contributed by atoms with Crippen molar-refractivity contribution in [3.63, 3.8) is 0 Å². The van der Waals surface area contributed by atoms with Gasteiger partial charge >= 0.3 is 5.97 Å². The van der Waals surface area contributed by atoms with E-state index in [1.165, 1.54) is 23.1 Å². The smallest absolute Gasteiger partial charge is 0.341 e. The Bertz CT molecular complexity index is 1180. The van der Waals surface area contributed by atoms with Crippen LogP contribution < -0.4 is 10.1 Å². The first-order chi connectivity index (χ1) is 16.1. The first-order valence-electron chi connectivity index (χ1n) is 10.9. The van der Waals surface area contributed by atoms with Crippen LogP contribution in [-0.4, -0.2) is 39.0 Å². The third-order valence-electron chi connectivity index (χ3n) is 5.19. The van der Waals surface area contributed by atoms with Crippen molar-refractivity contribution in [3.8, 4) is 5.75 Å². The van der Waals surface area contributed by atoms with E-state index in [-0.39, 0.29) is 24.4 Å². The second kappa shape index (κ2) is 11.1. The van der Waals surface area contributed by atoms with Crippen LogP contribution in [0, 0.1) is 27.7 Å². The van der Waals surface area contributed by atoms with E-state index in [4.69, 9.17) is 9.47 Å². The fourth-order valence-electron chi connectivity index (χ4n) is 3.52. The summed E-state index contributed by atoms with van der Waals surface area (Å²) in [7, 11) is 1.85. The SMILES string of the molecule is CCOC(=O)c1c(NC(=O)CSc2nnc(C(C)Oc3cc(C)cc(C)c3)n2C)sc(C)c1C. The highest BCUT2D eigenvalue weighted by Gasteiger charge is 2.23. The van der Waals surface area contributed by atoms with Gasteiger partial charge in [0.15, 0.2) is 17.1 Å². The number of hydrogen-bond donors (Lipinski definition) is 1. The van der Waals surface area contributed by atoms with Crippen LogP contribution in [0.1, 0.15) is 57.7 Å². The molecule has 0 spiro atoms. The van der Waals surface area contributed by atoms with E-state index >= 15 is 0 Å². The minimum absolute atomic E-state index is 0.122. The fourth-order valence-corrected chi connectivity index (χ4v) is 5.30. The van der Waals surface area contributed by atoms with Gasteiger partial charge in [0.1, 0.15) is 10.8 Å². The number of amides is 1. The van der Waals surface area contributed by atoms with Gasteiger partial charge < -0.3 is 19.4 Å². The highest BCUT2D eigenvalue weighted by molar-refractivity contribution is 7.99. The van der Waals surface area contributed by atoms with Crippen LogP contribution in [0.15, 0.2) is 23.4 Å². The van der Waals surface area contributed by atoms with Crippen molar-refractivity contribution in [1.29, 1.82) is 0 Å². The highest BCUT2D eigenvalue weighted by atomic mass is 32.2. The zero-order chi connectivity index (χ0) is 25.0. The van der Waals surface area contributed by atoms with Crippen molar-refractivity contribution < 1.29 is 19.1 Å². The van der Waals surface area contributed by atoms with Crippen LogP contribution >= 0.6 is 23.1 Å². The van der Waals surface area contributed by atoms with Crippen molar-refractivity contribution in [2.75, 3.05) is 17.7 Å². The highest BCUT2D eigenvalue weighted by Crippen LogP contribution is 2.33. The van der Waals surface area contributed by atoms with Gasteiger partial charge in [-0.15, -0.1) is 21.5 Å². The monoisotopic (exact) mass is 502 g/mol. The third kappa shape index (κ3) is 5.98. The number of esters is 1. The number of hydrogen-bond acceptors (Lipinski definition) is 8. The largest absolute Gasteiger partial charge is 0.483 e. The van der Waals surface area contributed by atoms with E-state index < -0.39 is 5.97 Å². The van der Waals surface area contributed by atoms with Gasteiger partial charge in [-0.05, 0) is 70.4 Å². The Balaban J connectivity index is 1.64. The number of ether oxygens (including phenoxy) is 2. The van der Waals surface area contributed by atoms with Gasteiger partial charge in [0, 0.05) is 11.9 Å². The van der Waals surface area contributed by atoms with Crippen LogP contribution in [0.2, 0.25) is 0 Å². The van der Waals surface area contributed by atoms with Gasteiger partial charge in [-0.2, -0.15) is 0 Å². The van der Waals surface area contributed by atoms with E-state index in [2.05, 4.69) is 21.6 Å². The van der Waals surface area contributed by atoms with E-state index in [1.54, 1.807) is 6.92 Å². The number of carbonyl (C=O) groups excluding carboxylic acids is 2. The minimum Gasteiger partial charge on any atom is -0.483 e. The van der Waals surface area contributed by atoms with Gasteiger partial charge in [0.05, 0.1) is 17.9 Å². The summed E-state index contributed by atoms with van der Waals surface area (Å²) in [5, 5.41) is 12.5. The summed E-state index contributed by atoms with van der Waals surface area (Å²) < 4.78 is 13.1. The molecule has 1 unspecified atom stereocenters. The molecular weight excluding hydrogens is 472 g/mol. The Labute approximate surface area is 208 Å². The van der Waals surface area contributed by atoms with E-state index in [0.717, 1.165) is 27.3 Å². The molecule has 182 valence electrons. The summed E-state index contributed by atoms with van der Waals surface area (Å²) in [6, 6.07) is 6.06. The van der Waals surface area contributed by atoms with Gasteiger partial charge in [0.2, 0.25) is 5.91 Å². The molecule has 1 atom stereocenters. The van der Waals surface area contributed by atoms with Crippen molar-refractivity contribution in [1.82, 2.24) is 14.8 Å². The number of benzene rings is 1. The molecule has 2 heterocycles. The van der Waals surface area contributed by atoms with Crippen LogP contribution in [0.3, 0.4) is 0 Å². The third-order valence-corrected chi connectivity index (χ3v) is 7.33. The maximum Gasteiger partial charge on any atom is 0.341 e. The van der Waals surface area contributed by atoms with Crippen molar-refractivity contribution >= 4 is 40.0 Å². The number of aryl methyl sites for hydroxylation is 3. The summed E-state index contributed by atoms with van der Waals surface area (Å²) in [6.45, 7) is 11.8. The Hall–Kier alpha value is -2.85. The number of thiophene rings is 1. The van der Waals surface area contributed by atoms with Crippen molar-refractivity contribution in [2.24, 2.45) is 7.05 Å². The Morgan fingerprint density at radius 1 is 1.15 bits per heavy atom. The summed E-state index contributed by atoms with van der Waals surface area (Å²) in [4.78, 5) is 25.9. The first-order valence-corrected chi connectivity index (χ1v) is 12.7. The number of nitrogens with zero attached hydrogens (tertiary/aromatic N) is 3. The van der Waals surface area contributed by atoms with E-state index in [0.29, 0.717) is 21.5 Å². The molecule has 34 heavy (non-hydrogen) atoms. The molecule has 0 aliphatic heterocycles. The molecule has 0 saturated heterocycles. The lowest BCUT2D eigenvalue weighted by atomic mass is 10.1. The number of carbonyl (C=O) groups is 2. The predicted octanol–water partition coefficient (Wildman–Crippen LogP) is 5.16. The van der Waals surface area contributed by atoms with Crippen LogP contribution in [0.25, 0.3) is 0 Å². The van der Waals surface area contributed by atoms with Crippen LogP contribution in [-0.2, 0) is 16.6 Å². The van der Waals surface area contributed by atoms with Gasteiger partial charge in [-0.25, -0.2) is 4.79 Å². The Kier molecular flexibility index (Phi) is 8.37. The molecule has 0 radical (unpaired) electrons. The topological polar surface area (TPSA) is 95.3 Å². The number of nitrogens with one attached hydrogen (secondary N) is 1.